The van der Waals surface area contributed by atoms with Gasteiger partial charge in [-0.15, -0.1) is 0 Å². The first-order chi connectivity index (χ1) is 10.4. The topological polar surface area (TPSA) is 56.1 Å². The second kappa shape index (κ2) is 5.11. The van der Waals surface area contributed by atoms with Gasteiger partial charge >= 0.3 is 0 Å². The summed E-state index contributed by atoms with van der Waals surface area (Å²) in [6.45, 7) is 1.61. The van der Waals surface area contributed by atoms with Gasteiger partial charge < -0.3 is 0 Å². The van der Waals surface area contributed by atoms with Crippen LogP contribution in [-0.4, -0.2) is 23.4 Å². The summed E-state index contributed by atoms with van der Waals surface area (Å²) < 4.78 is 26.3. The average Bonchev–Trinajstić information content (AvgIpc) is 2.85. The summed E-state index contributed by atoms with van der Waals surface area (Å²) in [5.41, 5.74) is 0.603. The van der Waals surface area contributed by atoms with E-state index in [1.54, 1.807) is 55.5 Å². The number of para-hydroxylation sites is 1. The predicted molar refractivity (Wildman–Crippen MR) is 87.7 cm³/mol. The number of carbonyl (C=O) groups excluding carboxylic acids is 1. The Balaban J connectivity index is 2.28. The van der Waals surface area contributed by atoms with Gasteiger partial charge in [0, 0.05) is 16.8 Å². The van der Waals surface area contributed by atoms with Crippen LogP contribution < -0.4 is 0 Å². The van der Waals surface area contributed by atoms with E-state index in [4.69, 9.17) is 11.6 Å². The molecule has 0 radical (unpaired) electrons. The Bertz CT molecular complexity index is 924. The second-order valence-electron chi connectivity index (χ2n) is 5.48. The third-order valence-electron chi connectivity index (χ3n) is 3.89. The molecular formula is C16H14ClNO3S. The molecule has 1 aliphatic carbocycles. The van der Waals surface area contributed by atoms with E-state index >= 15 is 0 Å². The molecule has 0 bridgehead atoms. The number of hydrogen-bond donors (Lipinski definition) is 0. The number of hydrogen-bond acceptors (Lipinski definition) is 3. The first-order valence-corrected chi connectivity index (χ1v) is 8.55. The third kappa shape index (κ3) is 2.12. The van der Waals surface area contributed by atoms with Crippen LogP contribution in [0.25, 0.3) is 10.9 Å². The first kappa shape index (κ1) is 15.1. The molecule has 114 valence electrons. The Labute approximate surface area is 133 Å². The second-order valence-corrected chi connectivity index (χ2v) is 8.21. The number of benzene rings is 1. The number of rotatable bonds is 3. The van der Waals surface area contributed by atoms with Gasteiger partial charge in [0.15, 0.2) is 6.29 Å². The highest BCUT2D eigenvalue weighted by Gasteiger charge is 2.41. The van der Waals surface area contributed by atoms with Crippen molar-refractivity contribution in [2.24, 2.45) is 0 Å². The summed E-state index contributed by atoms with van der Waals surface area (Å²) in [5.74, 6) is 0. The lowest BCUT2D eigenvalue weighted by Gasteiger charge is -2.29. The van der Waals surface area contributed by atoms with Crippen LogP contribution in [0.3, 0.4) is 0 Å². The van der Waals surface area contributed by atoms with E-state index in [9.17, 15) is 13.2 Å². The maximum absolute atomic E-state index is 13.2. The summed E-state index contributed by atoms with van der Waals surface area (Å²) >= 11 is 6.03. The van der Waals surface area contributed by atoms with Crippen molar-refractivity contribution in [2.75, 3.05) is 0 Å². The zero-order chi connectivity index (χ0) is 16.0. The van der Waals surface area contributed by atoms with E-state index in [2.05, 4.69) is 0 Å². The molecule has 0 aliphatic heterocycles. The van der Waals surface area contributed by atoms with Crippen molar-refractivity contribution in [1.29, 1.82) is 0 Å². The normalized spacial score (nSPS) is 21.8. The number of fused-ring (bicyclic) bond motifs is 1. The minimum absolute atomic E-state index is 0.113. The SMILES string of the molecule is CC1(S(=O)(=O)n2c(C=O)cc3ccccc32)C=CC=C(Cl)C1. The van der Waals surface area contributed by atoms with Gasteiger partial charge in [-0.1, -0.05) is 42.0 Å². The van der Waals surface area contributed by atoms with Gasteiger partial charge in [0.25, 0.3) is 0 Å². The fourth-order valence-corrected chi connectivity index (χ4v) is 4.93. The molecule has 1 atom stereocenters. The van der Waals surface area contributed by atoms with Crippen molar-refractivity contribution in [3.05, 3.63) is 59.3 Å². The van der Waals surface area contributed by atoms with Gasteiger partial charge in [-0.05, 0) is 25.1 Å². The highest BCUT2D eigenvalue weighted by atomic mass is 35.5. The highest BCUT2D eigenvalue weighted by molar-refractivity contribution is 7.91. The molecule has 0 fully saturated rings. The van der Waals surface area contributed by atoms with Crippen molar-refractivity contribution in [1.82, 2.24) is 3.97 Å². The lowest BCUT2D eigenvalue weighted by atomic mass is 10.0. The molecule has 0 N–H and O–H groups in total. The average molecular weight is 336 g/mol. The first-order valence-electron chi connectivity index (χ1n) is 6.74. The van der Waals surface area contributed by atoms with Crippen LogP contribution in [0.5, 0.6) is 0 Å². The van der Waals surface area contributed by atoms with Gasteiger partial charge in [-0.3, -0.25) is 4.79 Å². The van der Waals surface area contributed by atoms with E-state index in [1.165, 1.54) is 0 Å². The number of allylic oxidation sites excluding steroid dienone is 3. The maximum atomic E-state index is 13.2. The van der Waals surface area contributed by atoms with Crippen LogP contribution >= 0.6 is 11.6 Å². The Morgan fingerprint density at radius 3 is 2.73 bits per heavy atom. The molecule has 0 spiro atoms. The van der Waals surface area contributed by atoms with Crippen molar-refractivity contribution in [2.45, 2.75) is 18.1 Å². The molecule has 22 heavy (non-hydrogen) atoms. The fraction of sp³-hybridized carbons (Fsp3) is 0.188. The zero-order valence-electron chi connectivity index (χ0n) is 11.9. The Morgan fingerprint density at radius 1 is 1.32 bits per heavy atom. The third-order valence-corrected chi connectivity index (χ3v) is 6.50. The zero-order valence-corrected chi connectivity index (χ0v) is 13.4. The molecule has 3 rings (SSSR count). The highest BCUT2D eigenvalue weighted by Crippen LogP contribution is 2.36. The van der Waals surface area contributed by atoms with Crippen LogP contribution in [-0.2, 0) is 10.0 Å². The maximum Gasteiger partial charge on any atom is 0.249 e. The smallest absolute Gasteiger partial charge is 0.249 e. The van der Waals surface area contributed by atoms with E-state index in [-0.39, 0.29) is 12.1 Å². The fourth-order valence-electron chi connectivity index (χ4n) is 2.70. The summed E-state index contributed by atoms with van der Waals surface area (Å²) in [6, 6.07) is 8.59. The summed E-state index contributed by atoms with van der Waals surface area (Å²) in [6.07, 6.45) is 5.66. The molecule has 1 unspecified atom stereocenters. The Hall–Kier alpha value is -1.85. The predicted octanol–water partition coefficient (Wildman–Crippen LogP) is 3.47. The Kier molecular flexibility index (Phi) is 3.50. The molecule has 1 heterocycles. The summed E-state index contributed by atoms with van der Waals surface area (Å²) in [7, 11) is -3.85. The number of carbonyl (C=O) groups is 1. The quantitative estimate of drug-likeness (QED) is 0.807. The van der Waals surface area contributed by atoms with Crippen LogP contribution in [0.1, 0.15) is 23.8 Å². The molecule has 0 saturated heterocycles. The van der Waals surface area contributed by atoms with Gasteiger partial charge in [-0.2, -0.15) is 0 Å². The molecule has 4 nitrogen and oxygen atoms in total. The van der Waals surface area contributed by atoms with Gasteiger partial charge in [0.1, 0.15) is 4.75 Å². The molecule has 0 amide bonds. The number of aldehydes is 1. The van der Waals surface area contributed by atoms with Gasteiger partial charge in [0.2, 0.25) is 10.0 Å². The van der Waals surface area contributed by atoms with Crippen LogP contribution in [0.2, 0.25) is 0 Å². The molecular weight excluding hydrogens is 322 g/mol. The van der Waals surface area contributed by atoms with Crippen LogP contribution in [0.15, 0.2) is 53.6 Å². The van der Waals surface area contributed by atoms with Crippen LogP contribution in [0, 0.1) is 0 Å². The van der Waals surface area contributed by atoms with E-state index in [0.29, 0.717) is 22.2 Å². The van der Waals surface area contributed by atoms with Crippen molar-refractivity contribution < 1.29 is 13.2 Å². The molecule has 2 aromatic rings. The lowest BCUT2D eigenvalue weighted by molar-refractivity contribution is 0.111. The van der Waals surface area contributed by atoms with Crippen molar-refractivity contribution in [3.63, 3.8) is 0 Å². The minimum atomic E-state index is -3.85. The summed E-state index contributed by atoms with van der Waals surface area (Å²) in [4.78, 5) is 11.4. The molecule has 1 aliphatic rings. The van der Waals surface area contributed by atoms with E-state index < -0.39 is 14.8 Å². The molecule has 1 aromatic heterocycles. The monoisotopic (exact) mass is 335 g/mol. The minimum Gasteiger partial charge on any atom is -0.296 e. The molecule has 6 heteroatoms. The van der Waals surface area contributed by atoms with Gasteiger partial charge in [0.05, 0.1) is 11.2 Å². The van der Waals surface area contributed by atoms with Crippen molar-refractivity contribution in [3.8, 4) is 0 Å². The molecule has 1 aromatic carbocycles. The number of aromatic nitrogens is 1. The standard InChI is InChI=1S/C16H14ClNO3S/c1-16(8-4-6-13(17)10-16)22(20,21)18-14(11-19)9-12-5-2-3-7-15(12)18/h2-9,11H,10H2,1H3. The van der Waals surface area contributed by atoms with Crippen molar-refractivity contribution >= 4 is 38.8 Å². The Morgan fingerprint density at radius 2 is 2.05 bits per heavy atom. The summed E-state index contributed by atoms with van der Waals surface area (Å²) in [5, 5.41) is 1.18. The van der Waals surface area contributed by atoms with Crippen LogP contribution in [0.4, 0.5) is 0 Å². The lowest BCUT2D eigenvalue weighted by Crippen LogP contribution is -2.39. The van der Waals surface area contributed by atoms with Gasteiger partial charge in [-0.25, -0.2) is 12.4 Å². The largest absolute Gasteiger partial charge is 0.296 e. The van der Waals surface area contributed by atoms with E-state index in [0.717, 1.165) is 3.97 Å². The molecule has 0 saturated carbocycles. The number of halogens is 1. The number of nitrogens with zero attached hydrogens (tertiary/aromatic N) is 1. The van der Waals surface area contributed by atoms with E-state index in [1.807, 2.05) is 0 Å².